The average molecular weight is 334 g/mol. The molecule has 0 aromatic heterocycles. The molecule has 0 bridgehead atoms. The first-order valence-corrected chi connectivity index (χ1v) is 8.39. The Morgan fingerprint density at radius 2 is 2.00 bits per heavy atom. The van der Waals surface area contributed by atoms with Crippen molar-refractivity contribution in [1.82, 2.24) is 10.2 Å². The number of carbonyl (C=O) groups is 2. The highest BCUT2D eigenvalue weighted by atomic mass is 19.1. The fraction of sp³-hybridized carbons (Fsp3) is 0.529. The second-order valence-corrected chi connectivity index (χ2v) is 6.26. The molecule has 2 heterocycles. The van der Waals surface area contributed by atoms with Crippen molar-refractivity contribution in [3.05, 3.63) is 24.0 Å². The van der Waals surface area contributed by atoms with Crippen LogP contribution >= 0.6 is 0 Å². The highest BCUT2D eigenvalue weighted by Gasteiger charge is 2.32. The largest absolute Gasteiger partial charge is 0.367 e. The van der Waals surface area contributed by atoms with E-state index in [4.69, 9.17) is 0 Å². The topological polar surface area (TPSA) is 64.7 Å². The SMILES string of the molecule is CC(=O)N1CCC[C@@H]1C(=O)Nc1ccc(N2CCNCC2)c(F)c1. The summed E-state index contributed by atoms with van der Waals surface area (Å²) >= 11 is 0. The summed E-state index contributed by atoms with van der Waals surface area (Å²) in [6.07, 6.45) is 1.46. The summed E-state index contributed by atoms with van der Waals surface area (Å²) < 4.78 is 14.4. The Morgan fingerprint density at radius 1 is 1.25 bits per heavy atom. The van der Waals surface area contributed by atoms with Crippen LogP contribution in [0, 0.1) is 5.82 Å². The molecule has 6 nitrogen and oxygen atoms in total. The van der Waals surface area contributed by atoms with Crippen LogP contribution < -0.4 is 15.5 Å². The van der Waals surface area contributed by atoms with Gasteiger partial charge in [-0.1, -0.05) is 0 Å². The third-order valence-corrected chi connectivity index (χ3v) is 4.63. The summed E-state index contributed by atoms with van der Waals surface area (Å²) in [7, 11) is 0. The second kappa shape index (κ2) is 7.17. The van der Waals surface area contributed by atoms with Gasteiger partial charge in [0.1, 0.15) is 11.9 Å². The van der Waals surface area contributed by atoms with Gasteiger partial charge in [0.15, 0.2) is 0 Å². The number of halogens is 1. The smallest absolute Gasteiger partial charge is 0.247 e. The Kier molecular flexibility index (Phi) is 4.99. The standard InChI is InChI=1S/C17H23FN4O2/c1-12(23)22-8-2-3-16(22)17(24)20-13-4-5-15(14(18)11-13)21-9-6-19-7-10-21/h4-5,11,16,19H,2-3,6-10H2,1H3,(H,20,24)/t16-/m1/s1. The van der Waals surface area contributed by atoms with Gasteiger partial charge in [0, 0.05) is 45.3 Å². The zero-order valence-corrected chi connectivity index (χ0v) is 13.8. The van der Waals surface area contributed by atoms with Crippen LogP contribution in [0.5, 0.6) is 0 Å². The van der Waals surface area contributed by atoms with Crippen LogP contribution in [0.3, 0.4) is 0 Å². The van der Waals surface area contributed by atoms with Crippen molar-refractivity contribution in [1.29, 1.82) is 0 Å². The molecule has 0 saturated carbocycles. The van der Waals surface area contributed by atoms with Gasteiger partial charge in [-0.15, -0.1) is 0 Å². The summed E-state index contributed by atoms with van der Waals surface area (Å²) in [4.78, 5) is 27.5. The molecule has 2 aliphatic rings. The molecule has 1 atom stereocenters. The number of piperazine rings is 1. The molecule has 0 aliphatic carbocycles. The maximum absolute atomic E-state index is 14.4. The van der Waals surface area contributed by atoms with Crippen molar-refractivity contribution >= 4 is 23.2 Å². The van der Waals surface area contributed by atoms with E-state index in [2.05, 4.69) is 10.6 Å². The number of nitrogens with one attached hydrogen (secondary N) is 2. The number of nitrogens with zero attached hydrogens (tertiary/aromatic N) is 2. The molecule has 1 aromatic carbocycles. The number of benzene rings is 1. The van der Waals surface area contributed by atoms with Crippen LogP contribution in [-0.4, -0.2) is 55.5 Å². The van der Waals surface area contributed by atoms with Gasteiger partial charge in [0.25, 0.3) is 0 Å². The fourth-order valence-electron chi connectivity index (χ4n) is 3.39. The van der Waals surface area contributed by atoms with E-state index in [0.717, 1.165) is 32.6 Å². The molecular weight excluding hydrogens is 311 g/mol. The van der Waals surface area contributed by atoms with Gasteiger partial charge in [-0.3, -0.25) is 9.59 Å². The van der Waals surface area contributed by atoms with Crippen molar-refractivity contribution in [3.63, 3.8) is 0 Å². The van der Waals surface area contributed by atoms with Crippen molar-refractivity contribution < 1.29 is 14.0 Å². The predicted molar refractivity (Wildman–Crippen MR) is 90.5 cm³/mol. The minimum Gasteiger partial charge on any atom is -0.367 e. The number of carbonyl (C=O) groups excluding carboxylic acids is 2. The Labute approximate surface area is 141 Å². The van der Waals surface area contributed by atoms with Crippen molar-refractivity contribution in [2.75, 3.05) is 42.9 Å². The van der Waals surface area contributed by atoms with Gasteiger partial charge < -0.3 is 20.4 Å². The molecule has 2 fully saturated rings. The highest BCUT2D eigenvalue weighted by molar-refractivity contribution is 5.97. The van der Waals surface area contributed by atoms with E-state index < -0.39 is 6.04 Å². The predicted octanol–water partition coefficient (Wildman–Crippen LogP) is 1.18. The van der Waals surface area contributed by atoms with Gasteiger partial charge in [0.05, 0.1) is 5.69 Å². The third-order valence-electron chi connectivity index (χ3n) is 4.63. The second-order valence-electron chi connectivity index (χ2n) is 6.26. The van der Waals surface area contributed by atoms with Crippen LogP contribution in [0.2, 0.25) is 0 Å². The number of amides is 2. The quantitative estimate of drug-likeness (QED) is 0.871. The van der Waals surface area contributed by atoms with Crippen LogP contribution in [0.25, 0.3) is 0 Å². The molecule has 2 saturated heterocycles. The molecule has 130 valence electrons. The minimum atomic E-state index is -0.460. The van der Waals surface area contributed by atoms with Crippen molar-refractivity contribution in [2.24, 2.45) is 0 Å². The molecule has 0 radical (unpaired) electrons. The summed E-state index contributed by atoms with van der Waals surface area (Å²) in [6, 6.07) is 4.31. The minimum absolute atomic E-state index is 0.104. The average Bonchev–Trinajstić information content (AvgIpc) is 3.06. The van der Waals surface area contributed by atoms with E-state index in [9.17, 15) is 14.0 Å². The third kappa shape index (κ3) is 3.51. The maximum atomic E-state index is 14.4. The lowest BCUT2D eigenvalue weighted by molar-refractivity contribution is -0.134. The number of hydrogen-bond donors (Lipinski definition) is 2. The first-order valence-electron chi connectivity index (χ1n) is 8.39. The number of likely N-dealkylation sites (tertiary alicyclic amines) is 1. The van der Waals surface area contributed by atoms with Crippen molar-refractivity contribution in [2.45, 2.75) is 25.8 Å². The molecule has 2 N–H and O–H groups in total. The van der Waals surface area contributed by atoms with E-state index in [0.29, 0.717) is 24.3 Å². The van der Waals surface area contributed by atoms with Crippen LogP contribution in [0.15, 0.2) is 18.2 Å². The Balaban J connectivity index is 1.68. The molecule has 24 heavy (non-hydrogen) atoms. The highest BCUT2D eigenvalue weighted by Crippen LogP contribution is 2.24. The van der Waals surface area contributed by atoms with E-state index in [1.54, 1.807) is 17.0 Å². The summed E-state index contributed by atoms with van der Waals surface area (Å²) in [5.74, 6) is -0.700. The first-order chi connectivity index (χ1) is 11.6. The molecular formula is C17H23FN4O2. The first kappa shape index (κ1) is 16.7. The van der Waals surface area contributed by atoms with E-state index >= 15 is 0 Å². The zero-order chi connectivity index (χ0) is 17.1. The van der Waals surface area contributed by atoms with Crippen LogP contribution in [0.1, 0.15) is 19.8 Å². The van der Waals surface area contributed by atoms with Crippen LogP contribution in [-0.2, 0) is 9.59 Å². The number of hydrogen-bond acceptors (Lipinski definition) is 4. The fourth-order valence-corrected chi connectivity index (χ4v) is 3.39. The van der Waals surface area contributed by atoms with Gasteiger partial charge >= 0.3 is 0 Å². The Hall–Kier alpha value is -2.15. The van der Waals surface area contributed by atoms with E-state index in [1.807, 2.05) is 4.90 Å². The summed E-state index contributed by atoms with van der Waals surface area (Å²) in [5.41, 5.74) is 0.979. The molecule has 2 amide bonds. The molecule has 0 unspecified atom stereocenters. The van der Waals surface area contributed by atoms with E-state index in [1.165, 1.54) is 13.0 Å². The lowest BCUT2D eigenvalue weighted by atomic mass is 10.2. The molecule has 2 aliphatic heterocycles. The maximum Gasteiger partial charge on any atom is 0.247 e. The number of anilines is 2. The number of rotatable bonds is 3. The van der Waals surface area contributed by atoms with E-state index in [-0.39, 0.29) is 17.6 Å². The lowest BCUT2D eigenvalue weighted by Crippen LogP contribution is -2.44. The summed E-state index contributed by atoms with van der Waals surface area (Å²) in [5, 5.41) is 5.97. The van der Waals surface area contributed by atoms with Gasteiger partial charge in [-0.05, 0) is 31.0 Å². The van der Waals surface area contributed by atoms with Gasteiger partial charge in [0.2, 0.25) is 11.8 Å². The van der Waals surface area contributed by atoms with Gasteiger partial charge in [-0.2, -0.15) is 0 Å². The lowest BCUT2D eigenvalue weighted by Gasteiger charge is -2.30. The normalized spacial score (nSPS) is 21.0. The monoisotopic (exact) mass is 334 g/mol. The molecule has 3 rings (SSSR count). The molecule has 0 spiro atoms. The van der Waals surface area contributed by atoms with Crippen molar-refractivity contribution in [3.8, 4) is 0 Å². The van der Waals surface area contributed by atoms with Gasteiger partial charge in [-0.25, -0.2) is 4.39 Å². The molecule has 1 aromatic rings. The Bertz CT molecular complexity index is 631. The summed E-state index contributed by atoms with van der Waals surface area (Å²) in [6.45, 7) is 5.26. The van der Waals surface area contributed by atoms with Crippen LogP contribution in [0.4, 0.5) is 15.8 Å². The molecule has 7 heteroatoms. The Morgan fingerprint density at radius 3 is 2.67 bits per heavy atom. The zero-order valence-electron chi connectivity index (χ0n) is 13.8.